The lowest BCUT2D eigenvalue weighted by molar-refractivity contribution is -0.123. The van der Waals surface area contributed by atoms with E-state index in [9.17, 15) is 9.59 Å². The second-order valence-electron chi connectivity index (χ2n) is 3.67. The highest BCUT2D eigenvalue weighted by molar-refractivity contribution is 5.77. The van der Waals surface area contributed by atoms with Gasteiger partial charge in [-0.2, -0.15) is 0 Å². The summed E-state index contributed by atoms with van der Waals surface area (Å²) in [5, 5.41) is 2.71. The second kappa shape index (κ2) is 8.25. The third-order valence-corrected chi connectivity index (χ3v) is 2.23. The highest BCUT2D eigenvalue weighted by Gasteiger charge is 2.02. The highest BCUT2D eigenvalue weighted by Crippen LogP contribution is 2.10. The molecule has 18 heavy (non-hydrogen) atoms. The molecule has 1 N–H and O–H groups in total. The van der Waals surface area contributed by atoms with Gasteiger partial charge in [0.15, 0.2) is 6.61 Å². The molecular weight excluding hydrogens is 234 g/mol. The van der Waals surface area contributed by atoms with Crippen LogP contribution in [-0.2, 0) is 9.53 Å². The minimum absolute atomic E-state index is 0.0343. The molecule has 0 aliphatic heterocycles. The molecule has 0 aliphatic rings. The van der Waals surface area contributed by atoms with Gasteiger partial charge in [-0.05, 0) is 30.7 Å². The Labute approximate surface area is 106 Å². The van der Waals surface area contributed by atoms with Crippen molar-refractivity contribution in [1.29, 1.82) is 0 Å². The molecule has 0 bridgehead atoms. The zero-order valence-corrected chi connectivity index (χ0v) is 10.3. The summed E-state index contributed by atoms with van der Waals surface area (Å²) in [5.74, 6) is 0.387. The van der Waals surface area contributed by atoms with Crippen molar-refractivity contribution in [2.75, 3.05) is 26.9 Å². The quantitative estimate of drug-likeness (QED) is 0.553. The third-order valence-electron chi connectivity index (χ3n) is 2.23. The van der Waals surface area contributed by atoms with Crippen molar-refractivity contribution in [3.63, 3.8) is 0 Å². The molecule has 1 rings (SSSR count). The Morgan fingerprint density at radius 3 is 2.67 bits per heavy atom. The lowest BCUT2D eigenvalue weighted by Gasteiger charge is -2.07. The van der Waals surface area contributed by atoms with Gasteiger partial charge < -0.3 is 14.8 Å². The molecule has 0 unspecified atom stereocenters. The van der Waals surface area contributed by atoms with Gasteiger partial charge in [0.2, 0.25) is 0 Å². The van der Waals surface area contributed by atoms with E-state index in [0.29, 0.717) is 24.5 Å². The van der Waals surface area contributed by atoms with Crippen molar-refractivity contribution in [3.05, 3.63) is 29.8 Å². The Bertz CT molecular complexity index is 375. The Balaban J connectivity index is 2.22. The molecular formula is C13H17NO4. The van der Waals surface area contributed by atoms with Crippen molar-refractivity contribution < 1.29 is 19.1 Å². The van der Waals surface area contributed by atoms with E-state index in [1.54, 1.807) is 31.4 Å². The Morgan fingerprint density at radius 1 is 1.33 bits per heavy atom. The SMILES string of the molecule is COCCCNC(=O)COc1ccc(C=O)cc1. The number of aldehydes is 1. The molecule has 1 amide bonds. The first kappa shape index (κ1) is 14.2. The van der Waals surface area contributed by atoms with E-state index < -0.39 is 0 Å². The predicted octanol–water partition coefficient (Wildman–Crippen LogP) is 1.03. The Kier molecular flexibility index (Phi) is 6.50. The molecule has 0 atom stereocenters. The lowest BCUT2D eigenvalue weighted by Crippen LogP contribution is -2.30. The minimum Gasteiger partial charge on any atom is -0.484 e. The number of ether oxygens (including phenoxy) is 2. The summed E-state index contributed by atoms with van der Waals surface area (Å²) in [6.07, 6.45) is 1.53. The van der Waals surface area contributed by atoms with Crippen LogP contribution in [0.1, 0.15) is 16.8 Å². The van der Waals surface area contributed by atoms with Crippen LogP contribution in [0.25, 0.3) is 0 Å². The number of hydrogen-bond donors (Lipinski definition) is 1. The monoisotopic (exact) mass is 251 g/mol. The van der Waals surface area contributed by atoms with E-state index in [1.165, 1.54) is 0 Å². The summed E-state index contributed by atoms with van der Waals surface area (Å²) in [4.78, 5) is 21.8. The number of rotatable bonds is 8. The van der Waals surface area contributed by atoms with E-state index in [0.717, 1.165) is 12.7 Å². The summed E-state index contributed by atoms with van der Waals surface area (Å²) in [7, 11) is 1.62. The molecule has 1 aromatic carbocycles. The number of carbonyl (C=O) groups excluding carboxylic acids is 2. The first-order valence-electron chi connectivity index (χ1n) is 5.70. The van der Waals surface area contributed by atoms with Gasteiger partial charge in [0.1, 0.15) is 12.0 Å². The maximum atomic E-state index is 11.4. The fourth-order valence-corrected chi connectivity index (χ4v) is 1.29. The van der Waals surface area contributed by atoms with Gasteiger partial charge in [-0.3, -0.25) is 9.59 Å². The van der Waals surface area contributed by atoms with E-state index in [4.69, 9.17) is 9.47 Å². The number of benzene rings is 1. The number of hydrogen-bond acceptors (Lipinski definition) is 4. The molecule has 0 aliphatic carbocycles. The smallest absolute Gasteiger partial charge is 0.257 e. The molecule has 5 heteroatoms. The zero-order valence-electron chi connectivity index (χ0n) is 10.3. The fraction of sp³-hybridized carbons (Fsp3) is 0.385. The van der Waals surface area contributed by atoms with E-state index in [1.807, 2.05) is 0 Å². The first-order chi connectivity index (χ1) is 8.76. The molecule has 0 spiro atoms. The van der Waals surface area contributed by atoms with Crippen molar-refractivity contribution in [2.24, 2.45) is 0 Å². The predicted molar refractivity (Wildman–Crippen MR) is 66.8 cm³/mol. The summed E-state index contributed by atoms with van der Waals surface area (Å²) >= 11 is 0. The first-order valence-corrected chi connectivity index (χ1v) is 5.70. The van der Waals surface area contributed by atoms with E-state index >= 15 is 0 Å². The van der Waals surface area contributed by atoms with Gasteiger partial charge in [0.05, 0.1) is 0 Å². The van der Waals surface area contributed by atoms with Crippen LogP contribution in [0.15, 0.2) is 24.3 Å². The molecule has 1 aromatic rings. The maximum Gasteiger partial charge on any atom is 0.257 e. The Hall–Kier alpha value is -1.88. The standard InChI is InChI=1S/C13H17NO4/c1-17-8-2-7-14-13(16)10-18-12-5-3-11(9-15)4-6-12/h3-6,9H,2,7-8,10H2,1H3,(H,14,16). The molecule has 98 valence electrons. The molecule has 0 aromatic heterocycles. The zero-order chi connectivity index (χ0) is 13.2. The maximum absolute atomic E-state index is 11.4. The van der Waals surface area contributed by atoms with Crippen molar-refractivity contribution in [1.82, 2.24) is 5.32 Å². The van der Waals surface area contributed by atoms with Crippen LogP contribution >= 0.6 is 0 Å². The second-order valence-corrected chi connectivity index (χ2v) is 3.67. The molecule has 0 saturated carbocycles. The van der Waals surface area contributed by atoms with Crippen molar-refractivity contribution >= 4 is 12.2 Å². The normalized spacial score (nSPS) is 9.83. The molecule has 0 heterocycles. The number of amides is 1. The molecule has 0 fully saturated rings. The number of carbonyl (C=O) groups is 2. The van der Waals surface area contributed by atoms with Crippen LogP contribution in [0, 0.1) is 0 Å². The summed E-state index contributed by atoms with van der Waals surface area (Å²) < 4.78 is 10.1. The largest absolute Gasteiger partial charge is 0.484 e. The average Bonchev–Trinajstić information content (AvgIpc) is 2.42. The number of nitrogens with one attached hydrogen (secondary N) is 1. The number of methoxy groups -OCH3 is 1. The lowest BCUT2D eigenvalue weighted by atomic mass is 10.2. The van der Waals surface area contributed by atoms with Gasteiger partial charge in [0, 0.05) is 25.8 Å². The van der Waals surface area contributed by atoms with Gasteiger partial charge in [-0.25, -0.2) is 0 Å². The van der Waals surface area contributed by atoms with Crippen LogP contribution in [0.2, 0.25) is 0 Å². The van der Waals surface area contributed by atoms with Crippen LogP contribution in [0.4, 0.5) is 0 Å². The molecule has 5 nitrogen and oxygen atoms in total. The summed E-state index contributed by atoms with van der Waals surface area (Å²) in [6.45, 7) is 1.15. The fourth-order valence-electron chi connectivity index (χ4n) is 1.29. The Morgan fingerprint density at radius 2 is 2.06 bits per heavy atom. The van der Waals surface area contributed by atoms with Crippen LogP contribution in [0.5, 0.6) is 5.75 Å². The summed E-state index contributed by atoms with van der Waals surface area (Å²) in [5.41, 5.74) is 0.575. The minimum atomic E-state index is -0.175. The molecule has 0 saturated heterocycles. The van der Waals surface area contributed by atoms with Crippen molar-refractivity contribution in [3.8, 4) is 5.75 Å². The van der Waals surface area contributed by atoms with Gasteiger partial charge in [-0.15, -0.1) is 0 Å². The van der Waals surface area contributed by atoms with Gasteiger partial charge >= 0.3 is 0 Å². The highest BCUT2D eigenvalue weighted by atomic mass is 16.5. The third kappa shape index (κ3) is 5.45. The topological polar surface area (TPSA) is 64.6 Å². The van der Waals surface area contributed by atoms with Crippen molar-refractivity contribution in [2.45, 2.75) is 6.42 Å². The summed E-state index contributed by atoms with van der Waals surface area (Å²) in [6, 6.07) is 6.58. The van der Waals surface area contributed by atoms with Gasteiger partial charge in [-0.1, -0.05) is 0 Å². The van der Waals surface area contributed by atoms with Crippen LogP contribution in [-0.4, -0.2) is 39.1 Å². The average molecular weight is 251 g/mol. The van der Waals surface area contributed by atoms with Gasteiger partial charge in [0.25, 0.3) is 5.91 Å². The van der Waals surface area contributed by atoms with Crippen LogP contribution in [0.3, 0.4) is 0 Å². The van der Waals surface area contributed by atoms with Crippen LogP contribution < -0.4 is 10.1 Å². The van der Waals surface area contributed by atoms with E-state index in [-0.39, 0.29) is 12.5 Å². The molecule has 0 radical (unpaired) electrons. The van der Waals surface area contributed by atoms with E-state index in [2.05, 4.69) is 5.32 Å².